The lowest BCUT2D eigenvalue weighted by Crippen LogP contribution is -2.48. The van der Waals surface area contributed by atoms with E-state index in [-0.39, 0.29) is 0 Å². The third kappa shape index (κ3) is 4.50. The van der Waals surface area contributed by atoms with Crippen LogP contribution in [0.3, 0.4) is 0 Å². The second-order valence-electron chi connectivity index (χ2n) is 7.68. The van der Waals surface area contributed by atoms with Gasteiger partial charge in [-0.05, 0) is 68.9 Å². The zero-order valence-electron chi connectivity index (χ0n) is 15.0. The summed E-state index contributed by atoms with van der Waals surface area (Å²) < 4.78 is 11.4. The fourth-order valence-corrected chi connectivity index (χ4v) is 4.01. The van der Waals surface area contributed by atoms with Crippen molar-refractivity contribution in [3.05, 3.63) is 29.8 Å². The van der Waals surface area contributed by atoms with Gasteiger partial charge in [-0.25, -0.2) is 0 Å². The van der Waals surface area contributed by atoms with E-state index in [4.69, 9.17) is 15.2 Å². The summed E-state index contributed by atoms with van der Waals surface area (Å²) in [5, 5.41) is 0. The van der Waals surface area contributed by atoms with E-state index in [0.717, 1.165) is 24.8 Å². The third-order valence-corrected chi connectivity index (χ3v) is 5.77. The zero-order chi connectivity index (χ0) is 16.8. The predicted octanol–water partition coefficient (Wildman–Crippen LogP) is 3.05. The summed E-state index contributed by atoms with van der Waals surface area (Å²) in [5.41, 5.74) is 7.33. The first-order valence-electron chi connectivity index (χ1n) is 9.36. The minimum absolute atomic E-state index is 0.354. The number of likely N-dealkylation sites (tertiary alicyclic amines) is 1. The van der Waals surface area contributed by atoms with Gasteiger partial charge in [0.25, 0.3) is 0 Å². The van der Waals surface area contributed by atoms with E-state index in [1.54, 1.807) is 7.11 Å². The Bertz CT molecular complexity index is 508. The average Bonchev–Trinajstić information content (AvgIpc) is 2.58. The van der Waals surface area contributed by atoms with Crippen molar-refractivity contribution >= 4 is 0 Å². The van der Waals surface area contributed by atoms with Crippen LogP contribution in [0.25, 0.3) is 0 Å². The second kappa shape index (κ2) is 8.32. The highest BCUT2D eigenvalue weighted by Crippen LogP contribution is 2.42. The Kier molecular flexibility index (Phi) is 6.14. The van der Waals surface area contributed by atoms with Gasteiger partial charge in [0.2, 0.25) is 0 Å². The number of benzene rings is 1. The molecule has 0 atom stereocenters. The number of methoxy groups -OCH3 is 1. The van der Waals surface area contributed by atoms with Crippen LogP contribution in [0.1, 0.15) is 37.7 Å². The lowest BCUT2D eigenvalue weighted by Gasteiger charge is -2.46. The molecular weight excluding hydrogens is 300 g/mol. The van der Waals surface area contributed by atoms with Crippen molar-refractivity contribution in [1.82, 2.24) is 4.90 Å². The molecule has 1 aromatic rings. The number of nitrogens with zero attached hydrogens (tertiary/aromatic N) is 1. The lowest BCUT2D eigenvalue weighted by molar-refractivity contribution is 0.00795. The fraction of sp³-hybridized carbons (Fsp3) is 0.700. The van der Waals surface area contributed by atoms with Crippen molar-refractivity contribution in [1.29, 1.82) is 0 Å². The van der Waals surface area contributed by atoms with Crippen LogP contribution in [0.2, 0.25) is 0 Å². The Morgan fingerprint density at radius 2 is 2.04 bits per heavy atom. The van der Waals surface area contributed by atoms with Crippen molar-refractivity contribution < 1.29 is 9.47 Å². The van der Waals surface area contributed by atoms with Gasteiger partial charge < -0.3 is 20.1 Å². The average molecular weight is 332 g/mol. The van der Waals surface area contributed by atoms with Gasteiger partial charge in [0, 0.05) is 19.1 Å². The van der Waals surface area contributed by atoms with Crippen molar-refractivity contribution in [3.8, 4) is 5.75 Å². The van der Waals surface area contributed by atoms with Crippen molar-refractivity contribution in [2.24, 2.45) is 17.1 Å². The van der Waals surface area contributed by atoms with Gasteiger partial charge in [-0.3, -0.25) is 0 Å². The Morgan fingerprint density at radius 1 is 1.25 bits per heavy atom. The molecule has 134 valence electrons. The van der Waals surface area contributed by atoms with Gasteiger partial charge in [0.05, 0.1) is 13.2 Å². The van der Waals surface area contributed by atoms with Crippen LogP contribution in [0.5, 0.6) is 5.75 Å². The summed E-state index contributed by atoms with van der Waals surface area (Å²) in [6, 6.07) is 8.28. The highest BCUT2D eigenvalue weighted by Gasteiger charge is 2.40. The number of hydrogen-bond donors (Lipinski definition) is 1. The van der Waals surface area contributed by atoms with E-state index in [0.29, 0.717) is 12.0 Å². The molecule has 1 saturated heterocycles. The van der Waals surface area contributed by atoms with Crippen LogP contribution in [0.4, 0.5) is 0 Å². The van der Waals surface area contributed by atoms with E-state index in [1.807, 2.05) is 0 Å². The van der Waals surface area contributed by atoms with Gasteiger partial charge in [-0.1, -0.05) is 18.6 Å². The van der Waals surface area contributed by atoms with Gasteiger partial charge in [0.15, 0.2) is 0 Å². The minimum Gasteiger partial charge on any atom is -0.493 e. The molecule has 0 radical (unpaired) electrons. The Morgan fingerprint density at radius 3 is 2.67 bits per heavy atom. The predicted molar refractivity (Wildman–Crippen MR) is 97.2 cm³/mol. The normalized spacial score (nSPS) is 21.4. The summed E-state index contributed by atoms with van der Waals surface area (Å²) in [5.74, 6) is 1.70. The molecule has 4 heteroatoms. The van der Waals surface area contributed by atoms with E-state index in [2.05, 4.69) is 29.2 Å². The summed E-state index contributed by atoms with van der Waals surface area (Å²) >= 11 is 0. The van der Waals surface area contributed by atoms with Gasteiger partial charge >= 0.3 is 0 Å². The van der Waals surface area contributed by atoms with Crippen molar-refractivity contribution in [2.45, 2.75) is 38.7 Å². The molecule has 0 bridgehead atoms. The number of ether oxygens (including phenoxy) is 2. The van der Waals surface area contributed by atoms with Crippen LogP contribution in [-0.4, -0.2) is 44.8 Å². The maximum absolute atomic E-state index is 6.18. The molecule has 4 nitrogen and oxygen atoms in total. The van der Waals surface area contributed by atoms with Crippen LogP contribution in [0.15, 0.2) is 24.3 Å². The summed E-state index contributed by atoms with van der Waals surface area (Å²) in [6.07, 6.45) is 6.44. The number of rotatable bonds is 8. The molecular formula is C20H32N2O2. The molecule has 24 heavy (non-hydrogen) atoms. The molecule has 2 N–H and O–H groups in total. The highest BCUT2D eigenvalue weighted by molar-refractivity contribution is 5.28. The van der Waals surface area contributed by atoms with Gasteiger partial charge in [-0.15, -0.1) is 0 Å². The monoisotopic (exact) mass is 332 g/mol. The summed E-state index contributed by atoms with van der Waals surface area (Å²) in [6.45, 7) is 5.90. The van der Waals surface area contributed by atoms with Crippen molar-refractivity contribution in [3.63, 3.8) is 0 Å². The SMILES string of the molecule is COCc1cccc(OCC2(CN3CCC(CN)CC3)CCC2)c1. The van der Waals surface area contributed by atoms with E-state index in [1.165, 1.54) is 57.3 Å². The van der Waals surface area contributed by atoms with E-state index >= 15 is 0 Å². The van der Waals surface area contributed by atoms with Crippen molar-refractivity contribution in [2.75, 3.05) is 39.9 Å². The largest absolute Gasteiger partial charge is 0.493 e. The standard InChI is InChI=1S/C20H32N2O2/c1-23-14-18-4-2-5-19(12-18)24-16-20(8-3-9-20)15-22-10-6-17(13-21)7-11-22/h2,4-5,12,17H,3,6-11,13-16,21H2,1H3. The molecule has 2 aliphatic rings. The number of nitrogens with two attached hydrogens (primary N) is 1. The Hall–Kier alpha value is -1.10. The number of hydrogen-bond acceptors (Lipinski definition) is 4. The third-order valence-electron chi connectivity index (χ3n) is 5.77. The van der Waals surface area contributed by atoms with E-state index in [9.17, 15) is 0 Å². The summed E-state index contributed by atoms with van der Waals surface area (Å²) in [4.78, 5) is 2.63. The van der Waals surface area contributed by atoms with Crippen LogP contribution in [-0.2, 0) is 11.3 Å². The van der Waals surface area contributed by atoms with Crippen LogP contribution in [0, 0.1) is 11.3 Å². The number of piperidine rings is 1. The maximum Gasteiger partial charge on any atom is 0.119 e. The first-order chi connectivity index (χ1) is 11.7. The maximum atomic E-state index is 6.18. The molecule has 1 aromatic carbocycles. The molecule has 0 unspecified atom stereocenters. The molecule has 2 fully saturated rings. The molecule has 0 amide bonds. The molecule has 1 heterocycles. The lowest BCUT2D eigenvalue weighted by atomic mass is 9.68. The van der Waals surface area contributed by atoms with E-state index < -0.39 is 0 Å². The first-order valence-corrected chi connectivity index (χ1v) is 9.36. The van der Waals surface area contributed by atoms with Crippen LogP contribution >= 0.6 is 0 Å². The second-order valence-corrected chi connectivity index (χ2v) is 7.68. The molecule has 0 spiro atoms. The zero-order valence-corrected chi connectivity index (χ0v) is 15.0. The Labute approximate surface area is 146 Å². The smallest absolute Gasteiger partial charge is 0.119 e. The summed E-state index contributed by atoms with van der Waals surface area (Å²) in [7, 11) is 1.73. The molecule has 0 aromatic heterocycles. The van der Waals surface area contributed by atoms with Gasteiger partial charge in [0.1, 0.15) is 5.75 Å². The molecule has 3 rings (SSSR count). The molecule has 1 saturated carbocycles. The molecule has 1 aliphatic heterocycles. The van der Waals surface area contributed by atoms with Crippen LogP contribution < -0.4 is 10.5 Å². The quantitative estimate of drug-likeness (QED) is 0.795. The topological polar surface area (TPSA) is 47.7 Å². The van der Waals surface area contributed by atoms with Gasteiger partial charge in [-0.2, -0.15) is 0 Å². The Balaban J connectivity index is 1.51. The minimum atomic E-state index is 0.354. The fourth-order valence-electron chi connectivity index (χ4n) is 4.01. The molecule has 1 aliphatic carbocycles. The first kappa shape index (κ1) is 17.7. The highest BCUT2D eigenvalue weighted by atomic mass is 16.5.